The Morgan fingerprint density at radius 2 is 2.06 bits per heavy atom. The maximum atomic E-state index is 11.6. The highest BCUT2D eigenvalue weighted by atomic mass is 16.3. The van der Waals surface area contributed by atoms with Crippen LogP contribution in [0.3, 0.4) is 0 Å². The van der Waals surface area contributed by atoms with Crippen LogP contribution in [-0.2, 0) is 9.59 Å². The van der Waals surface area contributed by atoms with Gasteiger partial charge in [0.25, 0.3) is 0 Å². The third-order valence-corrected chi connectivity index (χ3v) is 2.59. The van der Waals surface area contributed by atoms with E-state index in [2.05, 4.69) is 16.0 Å². The van der Waals surface area contributed by atoms with Gasteiger partial charge in [-0.2, -0.15) is 0 Å². The van der Waals surface area contributed by atoms with E-state index < -0.39 is 42.6 Å². The average molecular weight is 259 g/mol. The average Bonchev–Trinajstić information content (AvgIpc) is 2.27. The summed E-state index contributed by atoms with van der Waals surface area (Å²) in [4.78, 5) is 33.7. The minimum atomic E-state index is -1.11. The summed E-state index contributed by atoms with van der Waals surface area (Å²) >= 11 is 0. The van der Waals surface area contributed by atoms with Gasteiger partial charge in [-0.3, -0.25) is 14.9 Å². The second-order valence-electron chi connectivity index (χ2n) is 4.55. The number of urea groups is 1. The summed E-state index contributed by atoms with van der Waals surface area (Å²) in [7, 11) is 0. The van der Waals surface area contributed by atoms with Crippen molar-refractivity contribution in [2.75, 3.05) is 13.2 Å². The highest BCUT2D eigenvalue weighted by Crippen LogP contribution is 2.06. The minimum Gasteiger partial charge on any atom is -0.394 e. The molecule has 0 bridgehead atoms. The molecule has 4 amide bonds. The molecule has 1 heterocycles. The molecule has 1 fully saturated rings. The predicted molar refractivity (Wildman–Crippen MR) is 60.4 cm³/mol. The topological polar surface area (TPSA) is 128 Å². The first kappa shape index (κ1) is 14.4. The van der Waals surface area contributed by atoms with Gasteiger partial charge in [0.1, 0.15) is 0 Å². The quantitative estimate of drug-likeness (QED) is 0.384. The number of rotatable bonds is 5. The molecule has 0 aromatic rings. The zero-order chi connectivity index (χ0) is 13.8. The van der Waals surface area contributed by atoms with Crippen molar-refractivity contribution in [3.8, 4) is 0 Å². The van der Waals surface area contributed by atoms with Gasteiger partial charge in [-0.15, -0.1) is 0 Å². The van der Waals surface area contributed by atoms with Crippen LogP contribution in [0.4, 0.5) is 4.79 Å². The van der Waals surface area contributed by atoms with E-state index >= 15 is 0 Å². The fourth-order valence-electron chi connectivity index (χ4n) is 1.54. The van der Waals surface area contributed by atoms with E-state index in [4.69, 9.17) is 10.2 Å². The third-order valence-electron chi connectivity index (χ3n) is 2.59. The van der Waals surface area contributed by atoms with E-state index in [0.717, 1.165) is 0 Å². The number of aliphatic hydroxyl groups is 2. The Balaban J connectivity index is 2.49. The monoisotopic (exact) mass is 259 g/mol. The van der Waals surface area contributed by atoms with E-state index in [1.807, 2.05) is 0 Å². The number of hydrogen-bond donors (Lipinski definition) is 5. The molecule has 8 heteroatoms. The Labute approximate surface area is 104 Å². The zero-order valence-corrected chi connectivity index (χ0v) is 10.0. The maximum absolute atomic E-state index is 11.6. The molecule has 5 N–H and O–H groups in total. The van der Waals surface area contributed by atoms with Crippen molar-refractivity contribution in [2.45, 2.75) is 31.3 Å². The van der Waals surface area contributed by atoms with Gasteiger partial charge >= 0.3 is 6.03 Å². The first-order valence-electron chi connectivity index (χ1n) is 5.51. The number of imide groups is 1. The highest BCUT2D eigenvalue weighted by Gasteiger charge is 2.29. The molecule has 1 unspecified atom stereocenters. The Kier molecular flexibility index (Phi) is 4.62. The molecule has 1 rings (SSSR count). The molecule has 1 atom stereocenters. The molecule has 18 heavy (non-hydrogen) atoms. The molecule has 0 spiro atoms. The molecule has 0 aromatic heterocycles. The number of hydrogen-bond acceptors (Lipinski definition) is 5. The summed E-state index contributed by atoms with van der Waals surface area (Å²) in [5, 5.41) is 25.0. The van der Waals surface area contributed by atoms with Crippen molar-refractivity contribution in [3.63, 3.8) is 0 Å². The van der Waals surface area contributed by atoms with Gasteiger partial charge in [-0.05, 0) is 6.92 Å². The van der Waals surface area contributed by atoms with Crippen molar-refractivity contribution >= 4 is 17.8 Å². The summed E-state index contributed by atoms with van der Waals surface area (Å²) in [6.45, 7) is 0.663. The van der Waals surface area contributed by atoms with E-state index in [-0.39, 0.29) is 12.8 Å². The Morgan fingerprint density at radius 3 is 2.56 bits per heavy atom. The Hall–Kier alpha value is -1.67. The van der Waals surface area contributed by atoms with Crippen LogP contribution in [0.15, 0.2) is 0 Å². The van der Waals surface area contributed by atoms with E-state index in [0.29, 0.717) is 0 Å². The summed E-state index contributed by atoms with van der Waals surface area (Å²) in [5.41, 5.74) is -1.11. The lowest BCUT2D eigenvalue weighted by Crippen LogP contribution is -2.56. The lowest BCUT2D eigenvalue weighted by molar-refractivity contribution is -0.125. The fourth-order valence-corrected chi connectivity index (χ4v) is 1.54. The second-order valence-corrected chi connectivity index (χ2v) is 4.55. The van der Waals surface area contributed by atoms with Crippen LogP contribution in [0.5, 0.6) is 0 Å². The smallest absolute Gasteiger partial charge is 0.321 e. The first-order chi connectivity index (χ1) is 8.38. The zero-order valence-electron chi connectivity index (χ0n) is 10.0. The largest absolute Gasteiger partial charge is 0.394 e. The number of aliphatic hydroxyl groups excluding tert-OH is 2. The van der Waals surface area contributed by atoms with Crippen LogP contribution in [0.1, 0.15) is 19.8 Å². The van der Waals surface area contributed by atoms with Crippen LogP contribution < -0.4 is 16.0 Å². The van der Waals surface area contributed by atoms with E-state index in [1.165, 1.54) is 6.92 Å². The van der Waals surface area contributed by atoms with Crippen LogP contribution in [0, 0.1) is 0 Å². The molecule has 8 nitrogen and oxygen atoms in total. The number of amides is 4. The van der Waals surface area contributed by atoms with Gasteiger partial charge in [0.2, 0.25) is 11.8 Å². The molecule has 1 aliphatic heterocycles. The molecule has 0 radical (unpaired) electrons. The minimum absolute atomic E-state index is 0.0219. The summed E-state index contributed by atoms with van der Waals surface area (Å²) < 4.78 is 0. The molecule has 0 aromatic carbocycles. The SMILES string of the molecule is CC(CO)(CO)NC(=O)CC1CC(=O)NC(=O)N1. The second kappa shape index (κ2) is 5.78. The van der Waals surface area contributed by atoms with Crippen LogP contribution in [0.2, 0.25) is 0 Å². The normalized spacial score (nSPS) is 20.1. The maximum Gasteiger partial charge on any atom is 0.321 e. The predicted octanol–water partition coefficient (Wildman–Crippen LogP) is -2.17. The van der Waals surface area contributed by atoms with Crippen molar-refractivity contribution in [3.05, 3.63) is 0 Å². The van der Waals surface area contributed by atoms with Crippen molar-refractivity contribution in [2.24, 2.45) is 0 Å². The Bertz CT molecular complexity index is 337. The summed E-state index contributed by atoms with van der Waals surface area (Å²) in [6.07, 6.45) is -0.0666. The van der Waals surface area contributed by atoms with Gasteiger partial charge in [-0.1, -0.05) is 0 Å². The Morgan fingerprint density at radius 1 is 1.44 bits per heavy atom. The highest BCUT2D eigenvalue weighted by molar-refractivity contribution is 5.97. The number of nitrogens with one attached hydrogen (secondary N) is 3. The van der Waals surface area contributed by atoms with Crippen LogP contribution in [0.25, 0.3) is 0 Å². The van der Waals surface area contributed by atoms with Crippen molar-refractivity contribution in [1.29, 1.82) is 0 Å². The van der Waals surface area contributed by atoms with Crippen LogP contribution in [-0.4, -0.2) is 52.9 Å². The lowest BCUT2D eigenvalue weighted by Gasteiger charge is -2.28. The molecule has 102 valence electrons. The molecule has 1 aliphatic rings. The molecular formula is C10H17N3O5. The van der Waals surface area contributed by atoms with Gasteiger partial charge < -0.3 is 20.8 Å². The summed E-state index contributed by atoms with van der Waals surface area (Å²) in [5.74, 6) is -0.899. The lowest BCUT2D eigenvalue weighted by atomic mass is 10.0. The first-order valence-corrected chi connectivity index (χ1v) is 5.51. The van der Waals surface area contributed by atoms with E-state index in [9.17, 15) is 14.4 Å². The van der Waals surface area contributed by atoms with Crippen molar-refractivity contribution in [1.82, 2.24) is 16.0 Å². The third kappa shape index (κ3) is 3.97. The van der Waals surface area contributed by atoms with E-state index in [1.54, 1.807) is 0 Å². The number of carbonyl (C=O) groups excluding carboxylic acids is 3. The molecule has 1 saturated heterocycles. The standard InChI is InChI=1S/C10H17N3O5/c1-10(4-14,5-15)13-8(17)3-6-2-7(16)12-9(18)11-6/h6,14-15H,2-5H2,1H3,(H,13,17)(H2,11,12,16,18). The van der Waals surface area contributed by atoms with Gasteiger partial charge in [-0.25, -0.2) is 4.79 Å². The molecule has 0 saturated carbocycles. The number of carbonyl (C=O) groups is 3. The fraction of sp³-hybridized carbons (Fsp3) is 0.700. The van der Waals surface area contributed by atoms with Gasteiger partial charge in [0, 0.05) is 18.9 Å². The van der Waals surface area contributed by atoms with Crippen LogP contribution >= 0.6 is 0 Å². The molecule has 0 aliphatic carbocycles. The van der Waals surface area contributed by atoms with Crippen molar-refractivity contribution < 1.29 is 24.6 Å². The summed E-state index contributed by atoms with van der Waals surface area (Å²) in [6, 6.07) is -1.20. The molecular weight excluding hydrogens is 242 g/mol. The van der Waals surface area contributed by atoms with Gasteiger partial charge in [0.15, 0.2) is 0 Å². The van der Waals surface area contributed by atoms with Gasteiger partial charge in [0.05, 0.1) is 18.8 Å².